The minimum absolute atomic E-state index is 0.204. The van der Waals surface area contributed by atoms with Crippen LogP contribution in [-0.4, -0.2) is 25.3 Å². The predicted molar refractivity (Wildman–Crippen MR) is 85.9 cm³/mol. The first-order valence-corrected chi connectivity index (χ1v) is 7.32. The van der Waals surface area contributed by atoms with Gasteiger partial charge in [0.1, 0.15) is 11.5 Å². The van der Waals surface area contributed by atoms with E-state index in [4.69, 9.17) is 0 Å². The first-order valence-electron chi connectivity index (χ1n) is 7.32. The fourth-order valence-corrected chi connectivity index (χ4v) is 2.62. The Hall–Kier alpha value is -3.35. The molecule has 7 heteroatoms. The number of hydrogen-bond donors (Lipinski definition) is 1. The predicted octanol–water partition coefficient (Wildman–Crippen LogP) is 2.35. The van der Waals surface area contributed by atoms with Crippen LogP contribution in [0.2, 0.25) is 0 Å². The van der Waals surface area contributed by atoms with Gasteiger partial charge in [-0.15, -0.1) is 0 Å². The van der Waals surface area contributed by atoms with Gasteiger partial charge in [-0.25, -0.2) is 14.4 Å². The van der Waals surface area contributed by atoms with Crippen LogP contribution < -0.4 is 5.32 Å². The molecule has 0 saturated carbocycles. The van der Waals surface area contributed by atoms with Crippen LogP contribution in [0.5, 0.6) is 0 Å². The molecule has 6 nitrogen and oxygen atoms in total. The normalized spacial score (nSPS) is 11.0. The van der Waals surface area contributed by atoms with Crippen LogP contribution >= 0.6 is 0 Å². The molecule has 3 heterocycles. The molecule has 0 fully saturated rings. The maximum absolute atomic E-state index is 13.5. The molecule has 1 amide bonds. The van der Waals surface area contributed by atoms with Gasteiger partial charge >= 0.3 is 0 Å². The smallest absolute Gasteiger partial charge is 0.271 e. The van der Waals surface area contributed by atoms with Gasteiger partial charge in [0.15, 0.2) is 0 Å². The van der Waals surface area contributed by atoms with E-state index in [1.807, 2.05) is 22.7 Å². The minimum Gasteiger partial charge on any atom is -0.345 e. The summed E-state index contributed by atoms with van der Waals surface area (Å²) in [6.07, 6.45) is 6.23. The van der Waals surface area contributed by atoms with Crippen molar-refractivity contribution in [2.75, 3.05) is 0 Å². The molecule has 4 rings (SSSR count). The lowest BCUT2D eigenvalue weighted by Gasteiger charge is -2.09. The number of nitrogens with zero attached hydrogens (tertiary/aromatic N) is 4. The zero-order valence-electron chi connectivity index (χ0n) is 12.5. The summed E-state index contributed by atoms with van der Waals surface area (Å²) in [6.45, 7) is 0.204. The van der Waals surface area contributed by atoms with E-state index in [-0.39, 0.29) is 24.0 Å². The highest BCUT2D eigenvalue weighted by Gasteiger charge is 2.11. The largest absolute Gasteiger partial charge is 0.345 e. The highest BCUT2D eigenvalue weighted by atomic mass is 19.1. The van der Waals surface area contributed by atoms with Crippen molar-refractivity contribution < 1.29 is 9.18 Å². The van der Waals surface area contributed by atoms with Crippen molar-refractivity contribution in [1.82, 2.24) is 24.7 Å². The molecular weight excluding hydrogens is 309 g/mol. The molecule has 0 saturated heterocycles. The van der Waals surface area contributed by atoms with E-state index in [1.165, 1.54) is 30.7 Å². The van der Waals surface area contributed by atoms with E-state index >= 15 is 0 Å². The second-order valence-electron chi connectivity index (χ2n) is 5.23. The minimum atomic E-state index is -0.351. The highest BCUT2D eigenvalue weighted by Crippen LogP contribution is 2.19. The SMILES string of the molecule is O=C(NCc1nc2cc(F)ccc2n2cccc12)c1cnccn1. The van der Waals surface area contributed by atoms with Gasteiger partial charge in [0.2, 0.25) is 0 Å². The first-order chi connectivity index (χ1) is 11.7. The van der Waals surface area contributed by atoms with Gasteiger partial charge in [-0.05, 0) is 24.3 Å². The van der Waals surface area contributed by atoms with Crippen molar-refractivity contribution in [1.29, 1.82) is 0 Å². The standard InChI is InChI=1S/C17H12FN5O/c18-11-3-4-16-12(8-11)22-13(15-2-1-7-23(15)16)10-21-17(24)14-9-19-5-6-20-14/h1-9H,10H2,(H,21,24). The van der Waals surface area contributed by atoms with Gasteiger partial charge < -0.3 is 9.72 Å². The highest BCUT2D eigenvalue weighted by molar-refractivity contribution is 5.92. The van der Waals surface area contributed by atoms with Crippen LogP contribution in [0, 0.1) is 5.82 Å². The van der Waals surface area contributed by atoms with E-state index in [0.29, 0.717) is 11.2 Å². The molecule has 0 atom stereocenters. The fourth-order valence-electron chi connectivity index (χ4n) is 2.62. The Morgan fingerprint density at radius 3 is 2.96 bits per heavy atom. The van der Waals surface area contributed by atoms with E-state index < -0.39 is 0 Å². The molecule has 0 aliphatic carbocycles. The molecule has 0 radical (unpaired) electrons. The van der Waals surface area contributed by atoms with Gasteiger partial charge in [0.25, 0.3) is 5.91 Å². The summed E-state index contributed by atoms with van der Waals surface area (Å²) in [5, 5.41) is 2.77. The summed E-state index contributed by atoms with van der Waals surface area (Å²) >= 11 is 0. The maximum atomic E-state index is 13.5. The maximum Gasteiger partial charge on any atom is 0.271 e. The van der Waals surface area contributed by atoms with Gasteiger partial charge in [0.05, 0.1) is 35.0 Å². The molecule has 1 N–H and O–H groups in total. The third-order valence-electron chi connectivity index (χ3n) is 3.71. The third-order valence-corrected chi connectivity index (χ3v) is 3.71. The molecule has 118 valence electrons. The van der Waals surface area contributed by atoms with Crippen LogP contribution in [0.1, 0.15) is 16.2 Å². The van der Waals surface area contributed by atoms with E-state index in [2.05, 4.69) is 20.3 Å². The number of carbonyl (C=O) groups excluding carboxylic acids is 1. The lowest BCUT2D eigenvalue weighted by atomic mass is 10.2. The zero-order chi connectivity index (χ0) is 16.5. The third kappa shape index (κ3) is 2.45. The van der Waals surface area contributed by atoms with Gasteiger partial charge in [-0.3, -0.25) is 9.78 Å². The summed E-state index contributed by atoms with van der Waals surface area (Å²) < 4.78 is 15.4. The van der Waals surface area contributed by atoms with Crippen LogP contribution in [-0.2, 0) is 6.54 Å². The van der Waals surface area contributed by atoms with Gasteiger partial charge in [-0.1, -0.05) is 0 Å². The molecule has 0 unspecified atom stereocenters. The number of carbonyl (C=O) groups is 1. The second kappa shape index (κ2) is 5.69. The Labute approximate surface area is 136 Å². The summed E-state index contributed by atoms with van der Waals surface area (Å²) in [6, 6.07) is 8.25. The Balaban J connectivity index is 1.70. The molecule has 0 aliphatic rings. The average molecular weight is 321 g/mol. The Bertz CT molecular complexity index is 1040. The average Bonchev–Trinajstić information content (AvgIpc) is 3.10. The number of nitrogens with one attached hydrogen (secondary N) is 1. The Kier molecular flexibility index (Phi) is 3.38. The fraction of sp³-hybridized carbons (Fsp3) is 0.0588. The second-order valence-corrected chi connectivity index (χ2v) is 5.23. The molecule has 1 aromatic carbocycles. The number of benzene rings is 1. The molecule has 3 aromatic heterocycles. The molecule has 24 heavy (non-hydrogen) atoms. The van der Waals surface area contributed by atoms with E-state index in [9.17, 15) is 9.18 Å². The van der Waals surface area contributed by atoms with Crippen LogP contribution in [0.15, 0.2) is 55.1 Å². The Morgan fingerprint density at radius 1 is 1.21 bits per heavy atom. The topological polar surface area (TPSA) is 72.2 Å². The monoisotopic (exact) mass is 321 g/mol. The summed E-state index contributed by atoms with van der Waals surface area (Å²) in [5.41, 5.74) is 3.07. The van der Waals surface area contributed by atoms with Crippen molar-refractivity contribution in [2.24, 2.45) is 0 Å². The number of fused-ring (bicyclic) bond motifs is 3. The summed E-state index contributed by atoms with van der Waals surface area (Å²) in [4.78, 5) is 24.4. The quantitative estimate of drug-likeness (QED) is 0.629. The summed E-state index contributed by atoms with van der Waals surface area (Å²) in [7, 11) is 0. The summed E-state index contributed by atoms with van der Waals surface area (Å²) in [5.74, 6) is -0.690. The molecule has 0 aliphatic heterocycles. The van der Waals surface area contributed by atoms with Crippen molar-refractivity contribution in [2.45, 2.75) is 6.54 Å². The van der Waals surface area contributed by atoms with E-state index in [1.54, 1.807) is 6.07 Å². The molecular formula is C17H12FN5O. The van der Waals surface area contributed by atoms with Crippen molar-refractivity contribution in [3.8, 4) is 0 Å². The Morgan fingerprint density at radius 2 is 2.12 bits per heavy atom. The lowest BCUT2D eigenvalue weighted by molar-refractivity contribution is 0.0945. The van der Waals surface area contributed by atoms with Gasteiger partial charge in [0, 0.05) is 24.7 Å². The molecule has 0 spiro atoms. The number of rotatable bonds is 3. The van der Waals surface area contributed by atoms with Crippen LogP contribution in [0.25, 0.3) is 16.6 Å². The van der Waals surface area contributed by atoms with Crippen molar-refractivity contribution in [3.63, 3.8) is 0 Å². The van der Waals surface area contributed by atoms with Crippen LogP contribution in [0.4, 0.5) is 4.39 Å². The van der Waals surface area contributed by atoms with Crippen molar-refractivity contribution in [3.05, 3.63) is 72.3 Å². The lowest BCUT2D eigenvalue weighted by Crippen LogP contribution is -2.24. The van der Waals surface area contributed by atoms with Gasteiger partial charge in [-0.2, -0.15) is 0 Å². The first kappa shape index (κ1) is 14.3. The van der Waals surface area contributed by atoms with E-state index in [0.717, 1.165) is 11.0 Å². The van der Waals surface area contributed by atoms with Crippen molar-refractivity contribution >= 4 is 22.5 Å². The number of halogens is 1. The number of amides is 1. The molecule has 0 bridgehead atoms. The number of hydrogen-bond acceptors (Lipinski definition) is 4. The van der Waals surface area contributed by atoms with Crippen LogP contribution in [0.3, 0.4) is 0 Å². The zero-order valence-corrected chi connectivity index (χ0v) is 12.5. The number of aromatic nitrogens is 4. The molecule has 4 aromatic rings.